The minimum Gasteiger partial charge on any atom is -0.345 e. The van der Waals surface area contributed by atoms with E-state index in [4.69, 9.17) is 5.53 Å². The number of nitrogens with zero attached hydrogens (tertiary/aromatic N) is 5. The zero-order valence-electron chi connectivity index (χ0n) is 13.2. The van der Waals surface area contributed by atoms with E-state index in [1.54, 1.807) is 49.4 Å². The Morgan fingerprint density at radius 1 is 1.40 bits per heavy atom. The van der Waals surface area contributed by atoms with Crippen LogP contribution in [0.2, 0.25) is 0 Å². The summed E-state index contributed by atoms with van der Waals surface area (Å²) in [5.41, 5.74) is 10.2. The van der Waals surface area contributed by atoms with Crippen molar-refractivity contribution >= 4 is 33.6 Å². The largest absolute Gasteiger partial charge is 0.345 e. The van der Waals surface area contributed by atoms with E-state index < -0.39 is 5.91 Å². The van der Waals surface area contributed by atoms with Gasteiger partial charge in [-0.25, -0.2) is 4.98 Å². The lowest BCUT2D eigenvalue weighted by molar-refractivity contribution is -0.117. The van der Waals surface area contributed by atoms with E-state index in [9.17, 15) is 10.1 Å². The number of rotatable bonds is 5. The number of benzene rings is 1. The molecule has 0 radical (unpaired) electrons. The molecule has 124 valence electrons. The Balaban J connectivity index is 2.13. The van der Waals surface area contributed by atoms with Crippen molar-refractivity contribution in [2.75, 3.05) is 0 Å². The molecule has 0 saturated heterocycles. The van der Waals surface area contributed by atoms with Crippen LogP contribution in [0, 0.1) is 11.3 Å². The first-order valence-corrected chi connectivity index (χ1v) is 8.03. The number of nitrogens with one attached hydrogen (secondary N) is 1. The van der Waals surface area contributed by atoms with Crippen LogP contribution in [0.1, 0.15) is 24.2 Å². The van der Waals surface area contributed by atoms with Gasteiger partial charge in [0.1, 0.15) is 16.2 Å². The van der Waals surface area contributed by atoms with Crippen molar-refractivity contribution in [2.45, 2.75) is 13.0 Å². The number of aromatic nitrogens is 1. The van der Waals surface area contributed by atoms with Crippen molar-refractivity contribution in [2.24, 2.45) is 5.11 Å². The third-order valence-electron chi connectivity index (χ3n) is 3.29. The van der Waals surface area contributed by atoms with Gasteiger partial charge >= 0.3 is 0 Å². The molecule has 1 heterocycles. The summed E-state index contributed by atoms with van der Waals surface area (Å²) in [4.78, 5) is 19.2. The Hall–Kier alpha value is -3.14. The maximum Gasteiger partial charge on any atom is 0.262 e. The van der Waals surface area contributed by atoms with E-state index in [1.165, 1.54) is 6.08 Å². The second kappa shape index (κ2) is 8.64. The third-order valence-corrected chi connectivity index (χ3v) is 3.74. The van der Waals surface area contributed by atoms with Crippen LogP contribution in [0.4, 0.5) is 5.69 Å². The molecular formula is C17H13BrN6O. The highest BCUT2D eigenvalue weighted by Gasteiger charge is 2.14. The molecule has 1 aromatic carbocycles. The smallest absolute Gasteiger partial charge is 0.262 e. The summed E-state index contributed by atoms with van der Waals surface area (Å²) < 4.78 is 0.618. The van der Waals surface area contributed by atoms with E-state index in [1.807, 2.05) is 6.07 Å². The van der Waals surface area contributed by atoms with Crippen molar-refractivity contribution in [3.63, 3.8) is 0 Å². The van der Waals surface area contributed by atoms with Crippen molar-refractivity contribution in [1.82, 2.24) is 10.3 Å². The normalized spacial score (nSPS) is 11.8. The van der Waals surface area contributed by atoms with E-state index in [2.05, 4.69) is 36.3 Å². The molecule has 8 heteroatoms. The Labute approximate surface area is 152 Å². The van der Waals surface area contributed by atoms with Gasteiger partial charge in [-0.2, -0.15) is 5.26 Å². The minimum absolute atomic E-state index is 0.0387. The maximum atomic E-state index is 12.3. The fourth-order valence-corrected chi connectivity index (χ4v) is 2.40. The predicted octanol–water partition coefficient (Wildman–Crippen LogP) is 4.57. The van der Waals surface area contributed by atoms with Gasteiger partial charge in [-0.15, -0.1) is 0 Å². The molecule has 2 aromatic rings. The van der Waals surface area contributed by atoms with Gasteiger partial charge in [0.25, 0.3) is 5.91 Å². The molecule has 0 aliphatic carbocycles. The van der Waals surface area contributed by atoms with Crippen molar-refractivity contribution in [3.05, 3.63) is 74.3 Å². The number of nitriles is 1. The van der Waals surface area contributed by atoms with Crippen LogP contribution in [0.3, 0.4) is 0 Å². The van der Waals surface area contributed by atoms with Crippen LogP contribution in [0.15, 0.2) is 57.8 Å². The fourth-order valence-electron chi connectivity index (χ4n) is 2.04. The summed E-state index contributed by atoms with van der Waals surface area (Å²) in [5.74, 6) is -0.490. The number of amides is 1. The molecule has 0 bridgehead atoms. The average molecular weight is 397 g/mol. The topological polar surface area (TPSA) is 115 Å². The van der Waals surface area contributed by atoms with Gasteiger partial charge in [-0.1, -0.05) is 35.4 Å². The Kier molecular flexibility index (Phi) is 6.29. The Morgan fingerprint density at radius 3 is 2.72 bits per heavy atom. The van der Waals surface area contributed by atoms with Crippen LogP contribution in [-0.4, -0.2) is 10.9 Å². The number of pyridine rings is 1. The number of hydrogen-bond acceptors (Lipinski definition) is 4. The van der Waals surface area contributed by atoms with Gasteiger partial charge in [-0.3, -0.25) is 4.79 Å². The van der Waals surface area contributed by atoms with Crippen molar-refractivity contribution in [1.29, 1.82) is 5.26 Å². The lowest BCUT2D eigenvalue weighted by Gasteiger charge is -2.14. The summed E-state index contributed by atoms with van der Waals surface area (Å²) >= 11 is 3.24. The second-order valence-corrected chi connectivity index (χ2v) is 5.84. The van der Waals surface area contributed by atoms with E-state index in [0.717, 1.165) is 5.56 Å². The number of carbonyl (C=O) groups excluding carboxylic acids is 1. The summed E-state index contributed by atoms with van der Waals surface area (Å²) in [6.45, 7) is 1.80. The average Bonchev–Trinajstić information content (AvgIpc) is 2.60. The van der Waals surface area contributed by atoms with Crippen LogP contribution < -0.4 is 5.32 Å². The first-order valence-electron chi connectivity index (χ1n) is 7.23. The highest BCUT2D eigenvalue weighted by atomic mass is 79.9. The van der Waals surface area contributed by atoms with Crippen LogP contribution >= 0.6 is 15.9 Å². The molecule has 2 rings (SSSR count). The lowest BCUT2D eigenvalue weighted by Crippen LogP contribution is -2.27. The molecule has 7 nitrogen and oxygen atoms in total. The molecule has 0 fully saturated rings. The predicted molar refractivity (Wildman–Crippen MR) is 97.3 cm³/mol. The first kappa shape index (κ1) is 18.2. The second-order valence-electron chi connectivity index (χ2n) is 5.03. The molecule has 1 N–H and O–H groups in total. The summed E-state index contributed by atoms with van der Waals surface area (Å²) in [5, 5.41) is 15.5. The minimum atomic E-state index is -0.490. The van der Waals surface area contributed by atoms with Gasteiger partial charge in [0.05, 0.1) is 11.7 Å². The Morgan fingerprint density at radius 2 is 2.12 bits per heavy atom. The molecular weight excluding hydrogens is 384 g/mol. The standard InChI is InChI=1S/C17H13BrN6O/c1-11(12-5-7-14(8-6-12)23-24-20)21-17(25)13(10-19)9-15-3-2-4-16(18)22-15/h2-9,11H,1H3,(H,21,25)/t11-/m0/s1. The van der Waals surface area contributed by atoms with E-state index in [-0.39, 0.29) is 11.6 Å². The molecule has 0 saturated carbocycles. The summed E-state index contributed by atoms with van der Waals surface area (Å²) in [7, 11) is 0. The summed E-state index contributed by atoms with van der Waals surface area (Å²) in [6, 6.07) is 13.6. The monoisotopic (exact) mass is 396 g/mol. The van der Waals surface area contributed by atoms with Gasteiger partial charge in [0.15, 0.2) is 0 Å². The highest BCUT2D eigenvalue weighted by molar-refractivity contribution is 9.10. The first-order chi connectivity index (χ1) is 12.0. The van der Waals surface area contributed by atoms with Crippen LogP contribution in [0.25, 0.3) is 16.5 Å². The molecule has 0 aliphatic heterocycles. The highest BCUT2D eigenvalue weighted by Crippen LogP contribution is 2.19. The zero-order valence-corrected chi connectivity index (χ0v) is 14.8. The van der Waals surface area contributed by atoms with Crippen molar-refractivity contribution in [3.8, 4) is 6.07 Å². The lowest BCUT2D eigenvalue weighted by atomic mass is 10.1. The molecule has 1 aromatic heterocycles. The molecule has 0 aliphatic rings. The Bertz CT molecular complexity index is 894. The van der Waals surface area contributed by atoms with Gasteiger partial charge in [-0.05, 0) is 52.2 Å². The van der Waals surface area contributed by atoms with Crippen LogP contribution in [0.5, 0.6) is 0 Å². The molecule has 0 unspecified atom stereocenters. The number of carbonyl (C=O) groups is 1. The quantitative estimate of drug-likeness (QED) is 0.199. The van der Waals surface area contributed by atoms with Gasteiger partial charge in [0.2, 0.25) is 0 Å². The van der Waals surface area contributed by atoms with E-state index in [0.29, 0.717) is 16.0 Å². The number of hydrogen-bond donors (Lipinski definition) is 1. The van der Waals surface area contributed by atoms with Crippen molar-refractivity contribution < 1.29 is 4.79 Å². The number of halogens is 1. The fraction of sp³-hybridized carbons (Fsp3) is 0.118. The van der Waals surface area contributed by atoms with Crippen LogP contribution in [-0.2, 0) is 4.79 Å². The van der Waals surface area contributed by atoms with Gasteiger partial charge < -0.3 is 5.32 Å². The van der Waals surface area contributed by atoms with E-state index >= 15 is 0 Å². The SMILES string of the molecule is C[C@H](NC(=O)C(C#N)=Cc1cccc(Br)n1)c1ccc(N=[N+]=[N-])cc1. The third kappa shape index (κ3) is 5.18. The molecule has 0 spiro atoms. The maximum absolute atomic E-state index is 12.3. The van der Waals surface area contributed by atoms with Gasteiger partial charge in [0, 0.05) is 10.6 Å². The zero-order chi connectivity index (χ0) is 18.2. The molecule has 25 heavy (non-hydrogen) atoms. The number of azide groups is 1. The molecule has 1 atom stereocenters. The molecule has 1 amide bonds. The summed E-state index contributed by atoms with van der Waals surface area (Å²) in [6.07, 6.45) is 1.43.